The number of rotatable bonds is 4. The van der Waals surface area contributed by atoms with Crippen molar-refractivity contribution < 1.29 is 4.79 Å². The predicted octanol–water partition coefficient (Wildman–Crippen LogP) is 3.05. The van der Waals surface area contributed by atoms with Crippen LogP contribution in [0.5, 0.6) is 0 Å². The summed E-state index contributed by atoms with van der Waals surface area (Å²) in [5, 5.41) is 0.480. The predicted molar refractivity (Wildman–Crippen MR) is 76.1 cm³/mol. The Labute approximate surface area is 113 Å². The van der Waals surface area contributed by atoms with Crippen LogP contribution in [-0.2, 0) is 0 Å². The summed E-state index contributed by atoms with van der Waals surface area (Å²) in [7, 11) is 0. The van der Waals surface area contributed by atoms with Crippen molar-refractivity contribution in [2.24, 2.45) is 0 Å². The van der Waals surface area contributed by atoms with Gasteiger partial charge in [0.1, 0.15) is 10.0 Å². The van der Waals surface area contributed by atoms with Crippen LogP contribution < -0.4 is 11.5 Å². The summed E-state index contributed by atoms with van der Waals surface area (Å²) in [4.78, 5) is 16.7. The summed E-state index contributed by atoms with van der Waals surface area (Å²) in [6.07, 6.45) is 0.443. The average Bonchev–Trinajstić information content (AvgIpc) is 2.73. The second-order valence-corrected chi connectivity index (χ2v) is 5.98. The lowest BCUT2D eigenvalue weighted by atomic mass is 10.3. The zero-order chi connectivity index (χ0) is 13.1. The molecule has 0 aliphatic heterocycles. The van der Waals surface area contributed by atoms with Gasteiger partial charge in [0.25, 0.3) is 0 Å². The molecule has 0 bridgehead atoms. The number of carbonyl (C=O) groups is 1. The summed E-state index contributed by atoms with van der Waals surface area (Å²) in [6, 6.07) is 7.50. The molecule has 6 heteroatoms. The Hall–Kier alpha value is -1.53. The molecule has 2 aromatic rings. The fourth-order valence-electron chi connectivity index (χ4n) is 1.30. The molecule has 94 valence electrons. The van der Waals surface area contributed by atoms with Crippen LogP contribution in [0.15, 0.2) is 33.4 Å². The number of nitrogen functional groups attached to an aromatic ring is 2. The summed E-state index contributed by atoms with van der Waals surface area (Å²) in [6.45, 7) is 1.81. The van der Waals surface area contributed by atoms with Gasteiger partial charge >= 0.3 is 0 Å². The van der Waals surface area contributed by atoms with Crippen LogP contribution in [0.3, 0.4) is 0 Å². The summed E-state index contributed by atoms with van der Waals surface area (Å²) < 4.78 is 0.844. The highest BCUT2D eigenvalue weighted by Crippen LogP contribution is 2.37. The molecule has 0 radical (unpaired) electrons. The normalized spacial score (nSPS) is 10.5. The van der Waals surface area contributed by atoms with Gasteiger partial charge in [-0.15, -0.1) is 11.3 Å². The number of Topliss-reactive ketones (excluding diaryl/α,β-unsaturated/α-hetero) is 1. The van der Waals surface area contributed by atoms with E-state index in [1.54, 1.807) is 0 Å². The maximum absolute atomic E-state index is 11.5. The first-order valence-electron chi connectivity index (χ1n) is 5.43. The van der Waals surface area contributed by atoms with Crippen molar-refractivity contribution in [2.45, 2.75) is 22.4 Å². The number of benzene rings is 1. The fraction of sp³-hybridized carbons (Fsp3) is 0.167. The molecule has 0 aliphatic carbocycles. The van der Waals surface area contributed by atoms with Crippen LogP contribution in [0.1, 0.15) is 23.1 Å². The van der Waals surface area contributed by atoms with Gasteiger partial charge in [0.05, 0.1) is 0 Å². The number of nitrogens with zero attached hydrogens (tertiary/aromatic N) is 1. The monoisotopic (exact) mass is 279 g/mol. The zero-order valence-electron chi connectivity index (χ0n) is 9.84. The molecule has 1 heterocycles. The molecule has 18 heavy (non-hydrogen) atoms. The highest BCUT2D eigenvalue weighted by molar-refractivity contribution is 8.01. The minimum atomic E-state index is 0.0239. The molecule has 0 saturated heterocycles. The minimum Gasteiger partial charge on any atom is -0.399 e. The van der Waals surface area contributed by atoms with E-state index in [-0.39, 0.29) is 5.78 Å². The lowest BCUT2D eigenvalue weighted by molar-refractivity contribution is 0.0988. The quantitative estimate of drug-likeness (QED) is 0.664. The topological polar surface area (TPSA) is 82.0 Å². The first-order chi connectivity index (χ1) is 8.60. The van der Waals surface area contributed by atoms with Crippen molar-refractivity contribution in [1.82, 2.24) is 4.98 Å². The molecule has 2 rings (SSSR count). The van der Waals surface area contributed by atoms with Gasteiger partial charge in [-0.3, -0.25) is 4.79 Å². The molecule has 0 fully saturated rings. The van der Waals surface area contributed by atoms with Crippen molar-refractivity contribution in [3.05, 3.63) is 29.3 Å². The molecule has 0 aliphatic rings. The summed E-state index contributed by atoms with van der Waals surface area (Å²) in [5.41, 5.74) is 12.2. The molecule has 0 spiro atoms. The van der Waals surface area contributed by atoms with Crippen LogP contribution in [0.2, 0.25) is 0 Å². The Morgan fingerprint density at radius 1 is 1.33 bits per heavy atom. The third-order valence-electron chi connectivity index (χ3n) is 2.27. The number of thiazole rings is 1. The average molecular weight is 279 g/mol. The lowest BCUT2D eigenvalue weighted by Gasteiger charge is -1.99. The van der Waals surface area contributed by atoms with Gasteiger partial charge in [0.2, 0.25) is 0 Å². The van der Waals surface area contributed by atoms with Crippen molar-refractivity contribution in [3.8, 4) is 0 Å². The lowest BCUT2D eigenvalue weighted by Crippen LogP contribution is -1.95. The van der Waals surface area contributed by atoms with Gasteiger partial charge in [0, 0.05) is 17.0 Å². The molecule has 1 aromatic carbocycles. The summed E-state index contributed by atoms with van der Waals surface area (Å²) >= 11 is 2.83. The van der Waals surface area contributed by atoms with Crippen molar-refractivity contribution in [1.29, 1.82) is 0 Å². The van der Waals surface area contributed by atoms with Crippen LogP contribution in [0, 0.1) is 0 Å². The van der Waals surface area contributed by atoms with E-state index in [9.17, 15) is 4.79 Å². The van der Waals surface area contributed by atoms with E-state index in [2.05, 4.69) is 4.98 Å². The van der Waals surface area contributed by atoms with E-state index in [1.807, 2.05) is 31.2 Å². The molecule has 0 unspecified atom stereocenters. The fourth-order valence-corrected chi connectivity index (χ4v) is 3.36. The molecular weight excluding hydrogens is 266 g/mol. The van der Waals surface area contributed by atoms with Crippen LogP contribution in [0.4, 0.5) is 11.5 Å². The maximum atomic E-state index is 11.5. The number of hydrogen-bond donors (Lipinski definition) is 2. The minimum absolute atomic E-state index is 0.0239. The number of carbonyl (C=O) groups excluding carboxylic acids is 1. The van der Waals surface area contributed by atoms with E-state index >= 15 is 0 Å². The highest BCUT2D eigenvalue weighted by atomic mass is 32.2. The second kappa shape index (κ2) is 5.41. The van der Waals surface area contributed by atoms with Gasteiger partial charge in [-0.1, -0.05) is 18.7 Å². The van der Waals surface area contributed by atoms with Gasteiger partial charge in [-0.2, -0.15) is 0 Å². The number of ketones is 1. The van der Waals surface area contributed by atoms with Crippen LogP contribution >= 0.6 is 23.1 Å². The van der Waals surface area contributed by atoms with E-state index in [0.29, 0.717) is 17.2 Å². The van der Waals surface area contributed by atoms with Crippen LogP contribution in [0.25, 0.3) is 0 Å². The molecule has 0 saturated carbocycles. The standard InChI is InChI=1S/C12H13N3OS2/c1-2-9(16)11-15-10(14)12(18-11)17-8-5-3-7(13)4-6-8/h3-6H,2,13-14H2,1H3. The van der Waals surface area contributed by atoms with E-state index in [1.165, 1.54) is 23.1 Å². The molecule has 4 N–H and O–H groups in total. The Morgan fingerprint density at radius 2 is 2.00 bits per heavy atom. The Balaban J connectivity index is 2.21. The zero-order valence-corrected chi connectivity index (χ0v) is 11.5. The Bertz CT molecular complexity index is 563. The van der Waals surface area contributed by atoms with E-state index in [4.69, 9.17) is 11.5 Å². The third-order valence-corrected chi connectivity index (χ3v) is 4.58. The molecule has 1 aromatic heterocycles. The van der Waals surface area contributed by atoms with Gasteiger partial charge in [0.15, 0.2) is 10.8 Å². The maximum Gasteiger partial charge on any atom is 0.191 e. The van der Waals surface area contributed by atoms with Crippen molar-refractivity contribution in [2.75, 3.05) is 11.5 Å². The molecule has 0 amide bonds. The number of aromatic nitrogens is 1. The van der Waals surface area contributed by atoms with Crippen LogP contribution in [-0.4, -0.2) is 10.8 Å². The first-order valence-corrected chi connectivity index (χ1v) is 7.06. The molecule has 0 atom stereocenters. The highest BCUT2D eigenvalue weighted by Gasteiger charge is 2.14. The third kappa shape index (κ3) is 2.83. The SMILES string of the molecule is CCC(=O)c1nc(N)c(Sc2ccc(N)cc2)s1. The smallest absolute Gasteiger partial charge is 0.191 e. The van der Waals surface area contributed by atoms with E-state index < -0.39 is 0 Å². The Morgan fingerprint density at radius 3 is 2.61 bits per heavy atom. The summed E-state index contributed by atoms with van der Waals surface area (Å²) in [5.74, 6) is 0.439. The number of nitrogens with two attached hydrogens (primary N) is 2. The first kappa shape index (κ1) is 12.9. The van der Waals surface area contributed by atoms with E-state index in [0.717, 1.165) is 14.8 Å². The number of hydrogen-bond acceptors (Lipinski definition) is 6. The van der Waals surface area contributed by atoms with Gasteiger partial charge in [-0.25, -0.2) is 4.98 Å². The second-order valence-electron chi connectivity index (χ2n) is 3.64. The van der Waals surface area contributed by atoms with Crippen molar-refractivity contribution >= 4 is 40.4 Å². The van der Waals surface area contributed by atoms with Gasteiger partial charge < -0.3 is 11.5 Å². The van der Waals surface area contributed by atoms with Crippen molar-refractivity contribution in [3.63, 3.8) is 0 Å². The molecule has 4 nitrogen and oxygen atoms in total. The largest absolute Gasteiger partial charge is 0.399 e. The Kier molecular flexibility index (Phi) is 3.88. The number of anilines is 2. The molecular formula is C12H13N3OS2. The van der Waals surface area contributed by atoms with Gasteiger partial charge in [-0.05, 0) is 24.3 Å².